The standard InChI is InChI=1S/2C22H21N7O2/c1-15-9-10-24-29(15)16-7-8-19-17(13-16)22(30)26-20-6-4-5-18(25-20)21-27-23-14-28(21)11-2-3-12-31-19;1-15-9-11-29(27-15)16-7-8-19-17(13-16)22(30)25-20-6-4-5-18(24-20)21-26-23-14-28(21)10-2-3-12-31-19/h4-10,13-14H,2-3,11-12H2,1H3,(H,25,26,30);4-9,11,13-14H,2-3,10,12H2,1H3,(H,24,25,30). The predicted molar refractivity (Wildman–Crippen MR) is 228 cm³/mol. The van der Waals surface area contributed by atoms with Crippen LogP contribution in [0.1, 0.15) is 57.8 Å². The normalized spacial score (nSPS) is 14.0. The lowest BCUT2D eigenvalue weighted by molar-refractivity contribution is 0.101. The van der Waals surface area contributed by atoms with Crippen molar-refractivity contribution in [1.82, 2.24) is 59.1 Å². The fourth-order valence-electron chi connectivity index (χ4n) is 7.11. The van der Waals surface area contributed by atoms with Crippen LogP contribution in [-0.2, 0) is 13.1 Å². The van der Waals surface area contributed by atoms with E-state index in [2.05, 4.69) is 51.2 Å². The van der Waals surface area contributed by atoms with E-state index in [4.69, 9.17) is 9.47 Å². The van der Waals surface area contributed by atoms with Crippen molar-refractivity contribution in [3.05, 3.63) is 132 Å². The maximum Gasteiger partial charge on any atom is 0.260 e. The highest BCUT2D eigenvalue weighted by molar-refractivity contribution is 6.07. The summed E-state index contributed by atoms with van der Waals surface area (Å²) in [6.07, 6.45) is 10.4. The number of aryl methyl sites for hydroxylation is 4. The molecule has 8 aromatic rings. The zero-order chi connectivity index (χ0) is 42.4. The fraction of sp³-hybridized carbons (Fsp3) is 0.227. The molecule has 0 saturated heterocycles. The Hall–Kier alpha value is -8.02. The average Bonchev–Trinajstić information content (AvgIpc) is 4.12. The second kappa shape index (κ2) is 17.7. The van der Waals surface area contributed by atoms with E-state index in [0.29, 0.717) is 70.5 Å². The zero-order valence-corrected chi connectivity index (χ0v) is 34.0. The highest BCUT2D eigenvalue weighted by Gasteiger charge is 2.20. The van der Waals surface area contributed by atoms with E-state index in [-0.39, 0.29) is 11.8 Å². The number of aromatic nitrogens is 12. The number of ether oxygens (including phenoxy) is 2. The minimum atomic E-state index is -0.302. The van der Waals surface area contributed by atoms with Crippen molar-refractivity contribution in [3.8, 4) is 45.9 Å². The van der Waals surface area contributed by atoms with Gasteiger partial charge in [0.25, 0.3) is 11.8 Å². The molecule has 2 aromatic carbocycles. The van der Waals surface area contributed by atoms with Gasteiger partial charge in [-0.3, -0.25) is 9.59 Å². The molecule has 2 N–H and O–H groups in total. The van der Waals surface area contributed by atoms with Crippen molar-refractivity contribution in [2.75, 3.05) is 23.8 Å². The van der Waals surface area contributed by atoms with Gasteiger partial charge >= 0.3 is 0 Å². The molecule has 10 rings (SSSR count). The Labute approximate surface area is 355 Å². The number of hydrogen-bond acceptors (Lipinski definition) is 12. The second-order valence-electron chi connectivity index (χ2n) is 14.7. The van der Waals surface area contributed by atoms with Crippen LogP contribution in [0.4, 0.5) is 11.6 Å². The Balaban J connectivity index is 0.000000158. The first-order valence-corrected chi connectivity index (χ1v) is 20.3. The summed E-state index contributed by atoms with van der Waals surface area (Å²) in [6, 6.07) is 25.7. The van der Waals surface area contributed by atoms with Crippen LogP contribution < -0.4 is 20.1 Å². The van der Waals surface area contributed by atoms with Crippen molar-refractivity contribution in [1.29, 1.82) is 0 Å². The van der Waals surface area contributed by atoms with Crippen LogP contribution in [0.25, 0.3) is 34.4 Å². The molecule has 6 aromatic heterocycles. The number of carbonyl (C=O) groups is 2. The SMILES string of the molecule is Cc1ccn(-c2ccc3c(c2)C(=O)Nc2cccc(n2)-c2nncn2CCCCO3)n1.Cc1ccnn1-c1ccc2c(c1)C(=O)Nc1cccc(n1)-c1nncn1CCCCO2. The van der Waals surface area contributed by atoms with Crippen molar-refractivity contribution in [3.63, 3.8) is 0 Å². The number of pyridine rings is 2. The van der Waals surface area contributed by atoms with Gasteiger partial charge in [-0.05, 0) is 112 Å². The monoisotopic (exact) mass is 830 g/mol. The van der Waals surface area contributed by atoms with Gasteiger partial charge in [0.1, 0.15) is 47.2 Å². The van der Waals surface area contributed by atoms with Crippen molar-refractivity contribution < 1.29 is 19.1 Å². The highest BCUT2D eigenvalue weighted by atomic mass is 16.5. The maximum atomic E-state index is 13.2. The first-order chi connectivity index (χ1) is 30.4. The number of anilines is 2. The van der Waals surface area contributed by atoms with Crippen LogP contribution in [-0.4, -0.2) is 84.1 Å². The molecule has 8 heterocycles. The fourth-order valence-corrected chi connectivity index (χ4v) is 7.11. The van der Waals surface area contributed by atoms with Gasteiger partial charge in [0.05, 0.1) is 41.4 Å². The summed E-state index contributed by atoms with van der Waals surface area (Å²) in [7, 11) is 0. The summed E-state index contributed by atoms with van der Waals surface area (Å²) in [5.41, 5.74) is 5.61. The summed E-state index contributed by atoms with van der Waals surface area (Å²) >= 11 is 0. The lowest BCUT2D eigenvalue weighted by Crippen LogP contribution is -2.16. The Kier molecular flexibility index (Phi) is 11.2. The lowest BCUT2D eigenvalue weighted by atomic mass is 10.1. The van der Waals surface area contributed by atoms with Gasteiger partial charge in [0.15, 0.2) is 11.6 Å². The molecule has 312 valence electrons. The van der Waals surface area contributed by atoms with E-state index in [1.165, 1.54) is 0 Å². The van der Waals surface area contributed by atoms with Crippen LogP contribution in [0.5, 0.6) is 11.5 Å². The van der Waals surface area contributed by atoms with Crippen LogP contribution in [0.2, 0.25) is 0 Å². The molecule has 0 saturated carbocycles. The average molecular weight is 831 g/mol. The molecule has 18 nitrogen and oxygen atoms in total. The minimum absolute atomic E-state index is 0.301. The predicted octanol–water partition coefficient (Wildman–Crippen LogP) is 6.52. The quantitative estimate of drug-likeness (QED) is 0.192. The first-order valence-electron chi connectivity index (χ1n) is 20.3. The van der Waals surface area contributed by atoms with Crippen LogP contribution >= 0.6 is 0 Å². The molecule has 4 bridgehead atoms. The van der Waals surface area contributed by atoms with Crippen LogP contribution in [0.15, 0.2) is 110 Å². The molecule has 0 unspecified atom stereocenters. The third-order valence-electron chi connectivity index (χ3n) is 10.3. The lowest BCUT2D eigenvalue weighted by Gasteiger charge is -2.15. The van der Waals surface area contributed by atoms with Crippen molar-refractivity contribution in [2.24, 2.45) is 0 Å². The first kappa shape index (κ1) is 39.4. The van der Waals surface area contributed by atoms with E-state index < -0.39 is 0 Å². The van der Waals surface area contributed by atoms with Crippen LogP contribution in [0, 0.1) is 13.8 Å². The number of nitrogens with zero attached hydrogens (tertiary/aromatic N) is 12. The zero-order valence-electron chi connectivity index (χ0n) is 34.0. The van der Waals surface area contributed by atoms with Gasteiger partial charge < -0.3 is 29.2 Å². The van der Waals surface area contributed by atoms with E-state index in [0.717, 1.165) is 61.5 Å². The largest absolute Gasteiger partial charge is 0.493 e. The molecule has 2 aliphatic heterocycles. The van der Waals surface area contributed by atoms with Gasteiger partial charge in [-0.25, -0.2) is 19.3 Å². The number of fused-ring (bicyclic) bond motifs is 10. The molecule has 18 heteroatoms. The molecule has 0 atom stereocenters. The number of rotatable bonds is 2. The third kappa shape index (κ3) is 8.65. The van der Waals surface area contributed by atoms with Gasteiger partial charge in [-0.15, -0.1) is 20.4 Å². The Bertz CT molecular complexity index is 2880. The Morgan fingerprint density at radius 3 is 1.73 bits per heavy atom. The van der Waals surface area contributed by atoms with Gasteiger partial charge in [-0.2, -0.15) is 10.2 Å². The molecule has 0 fully saturated rings. The van der Waals surface area contributed by atoms with Crippen molar-refractivity contribution in [2.45, 2.75) is 52.6 Å². The summed E-state index contributed by atoms with van der Waals surface area (Å²) in [5.74, 6) is 2.67. The number of carbonyl (C=O) groups excluding carboxylic acids is 2. The number of hydrogen-bond donors (Lipinski definition) is 2. The minimum Gasteiger partial charge on any atom is -0.493 e. The second-order valence-corrected chi connectivity index (χ2v) is 14.7. The summed E-state index contributed by atoms with van der Waals surface area (Å²) < 4.78 is 19.4. The molecular weight excluding hydrogens is 789 g/mol. The number of amides is 2. The molecule has 2 aliphatic rings. The van der Waals surface area contributed by atoms with Crippen LogP contribution in [0.3, 0.4) is 0 Å². The molecule has 2 amide bonds. The topological polar surface area (TPSA) is 199 Å². The van der Waals surface area contributed by atoms with E-state index in [1.54, 1.807) is 52.5 Å². The Morgan fingerprint density at radius 1 is 0.629 bits per heavy atom. The molecule has 0 radical (unpaired) electrons. The van der Waals surface area contributed by atoms with Gasteiger partial charge in [-0.1, -0.05) is 12.1 Å². The van der Waals surface area contributed by atoms with E-state index >= 15 is 0 Å². The molecule has 62 heavy (non-hydrogen) atoms. The molecule has 0 aliphatic carbocycles. The molecule has 0 spiro atoms. The number of nitrogens with one attached hydrogen (secondary N) is 2. The number of benzene rings is 2. The van der Waals surface area contributed by atoms with Gasteiger partial charge in [0, 0.05) is 31.2 Å². The summed E-state index contributed by atoms with van der Waals surface area (Å²) in [5, 5.41) is 31.0. The van der Waals surface area contributed by atoms with Gasteiger partial charge in [0.2, 0.25) is 0 Å². The smallest absolute Gasteiger partial charge is 0.260 e. The Morgan fingerprint density at radius 2 is 1.19 bits per heavy atom. The summed E-state index contributed by atoms with van der Waals surface area (Å²) in [6.45, 7) is 6.40. The van der Waals surface area contributed by atoms with E-state index in [1.807, 2.05) is 89.8 Å². The van der Waals surface area contributed by atoms with Crippen molar-refractivity contribution >= 4 is 23.5 Å². The highest BCUT2D eigenvalue weighted by Crippen LogP contribution is 2.27. The molecular formula is C44H42N14O4. The summed E-state index contributed by atoms with van der Waals surface area (Å²) in [4.78, 5) is 35.5. The maximum absolute atomic E-state index is 13.2. The van der Waals surface area contributed by atoms with E-state index in [9.17, 15) is 9.59 Å². The third-order valence-corrected chi connectivity index (χ3v) is 10.3.